The van der Waals surface area contributed by atoms with E-state index in [1.807, 2.05) is 18.2 Å². The van der Waals surface area contributed by atoms with Gasteiger partial charge in [-0.3, -0.25) is 4.79 Å². The number of benzene rings is 2. The first-order chi connectivity index (χ1) is 13.1. The number of halogens is 1. The number of fused-ring (bicyclic) bond motifs is 1. The molecule has 4 rings (SSSR count). The summed E-state index contributed by atoms with van der Waals surface area (Å²) in [4.78, 5) is 25.7. The Morgan fingerprint density at radius 3 is 2.78 bits per heavy atom. The van der Waals surface area contributed by atoms with Gasteiger partial charge in [0.25, 0.3) is 0 Å². The lowest BCUT2D eigenvalue weighted by Gasteiger charge is -2.18. The molecule has 0 spiro atoms. The average Bonchev–Trinajstić information content (AvgIpc) is 3.28. The van der Waals surface area contributed by atoms with Gasteiger partial charge in [-0.25, -0.2) is 4.79 Å². The molecule has 0 aliphatic carbocycles. The number of anilines is 2. The SMILES string of the molecule is O=C(NCc1ccc2c(c1)OCO2)Nc1ccc(N2CCCC2=O)c(Cl)c1. The number of carbonyl (C=O) groups excluding carboxylic acids is 2. The van der Waals surface area contributed by atoms with Gasteiger partial charge in [-0.05, 0) is 42.3 Å². The van der Waals surface area contributed by atoms with E-state index in [0.717, 1.165) is 12.0 Å². The van der Waals surface area contributed by atoms with Crippen LogP contribution in [0.5, 0.6) is 11.5 Å². The van der Waals surface area contributed by atoms with Crippen molar-refractivity contribution < 1.29 is 19.1 Å². The molecule has 0 unspecified atom stereocenters. The van der Waals surface area contributed by atoms with Crippen LogP contribution < -0.4 is 25.0 Å². The van der Waals surface area contributed by atoms with E-state index in [1.54, 1.807) is 23.1 Å². The largest absolute Gasteiger partial charge is 0.454 e. The minimum absolute atomic E-state index is 0.0686. The van der Waals surface area contributed by atoms with Crippen molar-refractivity contribution >= 4 is 34.9 Å². The molecule has 8 heteroatoms. The Hall–Kier alpha value is -2.93. The molecular weight excluding hydrogens is 370 g/mol. The first-order valence-corrected chi connectivity index (χ1v) is 9.01. The smallest absolute Gasteiger partial charge is 0.319 e. The van der Waals surface area contributed by atoms with Gasteiger partial charge >= 0.3 is 6.03 Å². The molecule has 1 fully saturated rings. The summed E-state index contributed by atoms with van der Waals surface area (Å²) in [7, 11) is 0. The topological polar surface area (TPSA) is 79.9 Å². The highest BCUT2D eigenvalue weighted by Crippen LogP contribution is 2.33. The van der Waals surface area contributed by atoms with Crippen molar-refractivity contribution in [2.45, 2.75) is 19.4 Å². The Labute approximate surface area is 161 Å². The molecule has 2 aromatic carbocycles. The number of hydrogen-bond acceptors (Lipinski definition) is 4. The number of carbonyl (C=O) groups is 2. The summed E-state index contributed by atoms with van der Waals surface area (Å²) in [5.41, 5.74) is 2.12. The first-order valence-electron chi connectivity index (χ1n) is 8.63. The monoisotopic (exact) mass is 387 g/mol. The number of amides is 3. The van der Waals surface area contributed by atoms with E-state index in [0.29, 0.717) is 47.4 Å². The Balaban J connectivity index is 1.35. The highest BCUT2D eigenvalue weighted by Gasteiger charge is 2.23. The fourth-order valence-electron chi connectivity index (χ4n) is 3.11. The van der Waals surface area contributed by atoms with Gasteiger partial charge in [0.2, 0.25) is 12.7 Å². The van der Waals surface area contributed by atoms with Crippen molar-refractivity contribution in [1.29, 1.82) is 0 Å². The molecule has 3 amide bonds. The lowest BCUT2D eigenvalue weighted by atomic mass is 10.2. The molecule has 7 nitrogen and oxygen atoms in total. The minimum Gasteiger partial charge on any atom is -0.454 e. The van der Waals surface area contributed by atoms with Crippen molar-refractivity contribution in [3.63, 3.8) is 0 Å². The maximum atomic E-state index is 12.1. The molecule has 2 aliphatic rings. The number of nitrogens with zero attached hydrogens (tertiary/aromatic N) is 1. The lowest BCUT2D eigenvalue weighted by molar-refractivity contribution is -0.117. The fourth-order valence-corrected chi connectivity index (χ4v) is 3.40. The van der Waals surface area contributed by atoms with Crippen LogP contribution in [0, 0.1) is 0 Å². The molecule has 2 heterocycles. The van der Waals surface area contributed by atoms with Gasteiger partial charge in [0.1, 0.15) is 0 Å². The van der Waals surface area contributed by atoms with Crippen LogP contribution in [-0.4, -0.2) is 25.3 Å². The van der Waals surface area contributed by atoms with Gasteiger partial charge in [0, 0.05) is 25.2 Å². The molecule has 1 saturated heterocycles. The Bertz CT molecular complexity index is 903. The van der Waals surface area contributed by atoms with Crippen molar-refractivity contribution in [2.75, 3.05) is 23.6 Å². The van der Waals surface area contributed by atoms with E-state index in [4.69, 9.17) is 21.1 Å². The van der Waals surface area contributed by atoms with Gasteiger partial charge in [0.15, 0.2) is 11.5 Å². The van der Waals surface area contributed by atoms with Crippen LogP contribution in [0.25, 0.3) is 0 Å². The summed E-state index contributed by atoms with van der Waals surface area (Å²) in [5.74, 6) is 1.45. The zero-order valence-corrected chi connectivity index (χ0v) is 15.2. The van der Waals surface area contributed by atoms with Gasteiger partial charge in [-0.2, -0.15) is 0 Å². The predicted octanol–water partition coefficient (Wildman–Crippen LogP) is 3.52. The second kappa shape index (κ2) is 7.36. The predicted molar refractivity (Wildman–Crippen MR) is 101 cm³/mol. The summed E-state index contributed by atoms with van der Waals surface area (Å²) >= 11 is 6.29. The van der Waals surface area contributed by atoms with E-state index in [9.17, 15) is 9.59 Å². The summed E-state index contributed by atoms with van der Waals surface area (Å²) in [5, 5.41) is 5.95. The van der Waals surface area contributed by atoms with Crippen molar-refractivity contribution in [3.8, 4) is 11.5 Å². The van der Waals surface area contributed by atoms with Gasteiger partial charge in [0.05, 0.1) is 10.7 Å². The van der Waals surface area contributed by atoms with Crippen LogP contribution in [0.3, 0.4) is 0 Å². The number of rotatable bonds is 4. The Kier molecular flexibility index (Phi) is 4.77. The minimum atomic E-state index is -0.353. The van der Waals surface area contributed by atoms with Gasteiger partial charge < -0.3 is 25.0 Å². The zero-order chi connectivity index (χ0) is 18.8. The number of ether oxygens (including phenoxy) is 2. The third-order valence-electron chi connectivity index (χ3n) is 4.46. The number of hydrogen-bond donors (Lipinski definition) is 2. The van der Waals surface area contributed by atoms with Gasteiger partial charge in [-0.1, -0.05) is 17.7 Å². The van der Waals surface area contributed by atoms with E-state index in [2.05, 4.69) is 10.6 Å². The fraction of sp³-hybridized carbons (Fsp3) is 0.263. The molecule has 0 atom stereocenters. The number of urea groups is 1. The van der Waals surface area contributed by atoms with Crippen LogP contribution in [0.15, 0.2) is 36.4 Å². The lowest BCUT2D eigenvalue weighted by Crippen LogP contribution is -2.28. The molecule has 27 heavy (non-hydrogen) atoms. The third-order valence-corrected chi connectivity index (χ3v) is 4.76. The van der Waals surface area contributed by atoms with E-state index >= 15 is 0 Å². The average molecular weight is 388 g/mol. The third kappa shape index (κ3) is 3.78. The molecule has 0 bridgehead atoms. The highest BCUT2D eigenvalue weighted by molar-refractivity contribution is 6.34. The molecule has 140 valence electrons. The second-order valence-electron chi connectivity index (χ2n) is 6.31. The first kappa shape index (κ1) is 17.5. The molecule has 2 aromatic rings. The van der Waals surface area contributed by atoms with E-state index in [-0.39, 0.29) is 18.7 Å². The summed E-state index contributed by atoms with van der Waals surface area (Å²) in [6, 6.07) is 10.3. The zero-order valence-electron chi connectivity index (χ0n) is 14.5. The summed E-state index contributed by atoms with van der Waals surface area (Å²) in [6.45, 7) is 1.23. The normalized spacial score (nSPS) is 15.1. The standard InChI is InChI=1S/C19H18ClN3O4/c20-14-9-13(4-5-15(14)23-7-1-2-18(23)24)22-19(25)21-10-12-3-6-16-17(8-12)27-11-26-16/h3-6,8-9H,1-2,7,10-11H2,(H2,21,22,25). The van der Waals surface area contributed by atoms with Crippen molar-refractivity contribution in [2.24, 2.45) is 0 Å². The molecule has 2 aliphatic heterocycles. The van der Waals surface area contributed by atoms with Crippen LogP contribution in [0.4, 0.5) is 16.2 Å². The highest BCUT2D eigenvalue weighted by atomic mass is 35.5. The molecule has 0 aromatic heterocycles. The van der Waals surface area contributed by atoms with E-state index in [1.165, 1.54) is 0 Å². The number of nitrogens with one attached hydrogen (secondary N) is 2. The maximum Gasteiger partial charge on any atom is 0.319 e. The van der Waals surface area contributed by atoms with Crippen LogP contribution in [-0.2, 0) is 11.3 Å². The van der Waals surface area contributed by atoms with Crippen molar-refractivity contribution in [3.05, 3.63) is 47.0 Å². The Morgan fingerprint density at radius 2 is 2.00 bits per heavy atom. The molecular formula is C19H18ClN3O4. The van der Waals surface area contributed by atoms with Crippen LogP contribution >= 0.6 is 11.6 Å². The van der Waals surface area contributed by atoms with E-state index < -0.39 is 0 Å². The van der Waals surface area contributed by atoms with Crippen molar-refractivity contribution in [1.82, 2.24) is 5.32 Å². The second-order valence-corrected chi connectivity index (χ2v) is 6.72. The molecule has 2 N–H and O–H groups in total. The Morgan fingerprint density at radius 1 is 1.15 bits per heavy atom. The van der Waals surface area contributed by atoms with Crippen LogP contribution in [0.1, 0.15) is 18.4 Å². The van der Waals surface area contributed by atoms with Gasteiger partial charge in [-0.15, -0.1) is 0 Å². The van der Waals surface area contributed by atoms with Crippen LogP contribution in [0.2, 0.25) is 5.02 Å². The molecule has 0 saturated carbocycles. The quantitative estimate of drug-likeness (QED) is 0.841. The summed E-state index contributed by atoms with van der Waals surface area (Å²) in [6.07, 6.45) is 1.37. The maximum absolute atomic E-state index is 12.1. The molecule has 0 radical (unpaired) electrons. The summed E-state index contributed by atoms with van der Waals surface area (Å²) < 4.78 is 10.6.